The van der Waals surface area contributed by atoms with Gasteiger partial charge < -0.3 is 4.57 Å². The van der Waals surface area contributed by atoms with E-state index in [0.717, 1.165) is 6.54 Å². The summed E-state index contributed by atoms with van der Waals surface area (Å²) in [6, 6.07) is 4.69. The Bertz CT molecular complexity index is 259. The van der Waals surface area contributed by atoms with Crippen molar-refractivity contribution in [3.8, 4) is 0 Å². The van der Waals surface area contributed by atoms with Crippen molar-refractivity contribution in [2.24, 2.45) is 4.99 Å². The molecule has 2 heterocycles. The molecule has 0 atom stereocenters. The van der Waals surface area contributed by atoms with Gasteiger partial charge in [-0.05, 0) is 32.1 Å². The molecule has 0 spiro atoms. The summed E-state index contributed by atoms with van der Waals surface area (Å²) in [5.74, 6) is 0. The average molecular weight is 192 g/mol. The average Bonchev–Trinajstić information content (AvgIpc) is 2.82. The summed E-state index contributed by atoms with van der Waals surface area (Å²) in [6.07, 6.45) is 9.91. The number of nitrogens with zero attached hydrogens (tertiary/aromatic N) is 2. The second-order valence-electron chi connectivity index (χ2n) is 3.17. The van der Waals surface area contributed by atoms with E-state index in [-0.39, 0.29) is 7.43 Å². The van der Waals surface area contributed by atoms with Gasteiger partial charge in [0.1, 0.15) is 0 Å². The molecule has 2 nitrogen and oxygen atoms in total. The quantitative estimate of drug-likeness (QED) is 0.649. The van der Waals surface area contributed by atoms with E-state index in [1.54, 1.807) is 6.21 Å². The van der Waals surface area contributed by atoms with Gasteiger partial charge in [0.15, 0.2) is 0 Å². The molecule has 0 radical (unpaired) electrons. The fourth-order valence-corrected chi connectivity index (χ4v) is 0.996. The summed E-state index contributed by atoms with van der Waals surface area (Å²) in [4.78, 5) is 3.85. The maximum Gasteiger partial charge on any atom is 0.0573 e. The van der Waals surface area contributed by atoms with Crippen LogP contribution in [0.4, 0.5) is 0 Å². The maximum absolute atomic E-state index is 3.85. The van der Waals surface area contributed by atoms with Crippen LogP contribution in [0.3, 0.4) is 0 Å². The van der Waals surface area contributed by atoms with Crippen molar-refractivity contribution < 1.29 is 0 Å². The van der Waals surface area contributed by atoms with Crippen molar-refractivity contribution in [1.82, 2.24) is 4.57 Å². The summed E-state index contributed by atoms with van der Waals surface area (Å²) in [5, 5.41) is 0. The number of rotatable bonds is 1. The number of hydrogen-bond acceptors (Lipinski definition) is 1. The molecule has 14 heavy (non-hydrogen) atoms. The van der Waals surface area contributed by atoms with Crippen LogP contribution in [0.5, 0.6) is 0 Å². The largest absolute Gasteiger partial charge is 0.352 e. The molecule has 0 unspecified atom stereocenters. The van der Waals surface area contributed by atoms with E-state index >= 15 is 0 Å². The number of aromatic nitrogens is 1. The molecule has 1 aromatic heterocycles. The summed E-state index contributed by atoms with van der Waals surface area (Å²) < 4.78 is 2.17. The lowest BCUT2D eigenvalue weighted by Gasteiger charge is -2.03. The standard InChI is InChI=1S/C7H11N.C4H5N.CH4/c1-7(2)8-5-3-4-6-8;1-2-4-5-3-1;/h3-7H,1-2H3;1-3H,4H2;1H4. The number of aliphatic imine (C=N–C) groups is 1. The van der Waals surface area contributed by atoms with Gasteiger partial charge >= 0.3 is 0 Å². The molecule has 2 heteroatoms. The molecule has 0 bridgehead atoms. The normalized spacial score (nSPS) is 12.2. The molecule has 0 fully saturated rings. The van der Waals surface area contributed by atoms with Crippen LogP contribution >= 0.6 is 0 Å². The summed E-state index contributed by atoms with van der Waals surface area (Å²) in [7, 11) is 0. The van der Waals surface area contributed by atoms with Crippen LogP contribution in [0.1, 0.15) is 27.3 Å². The molecular formula is C12H20N2. The zero-order valence-electron chi connectivity index (χ0n) is 8.22. The van der Waals surface area contributed by atoms with Gasteiger partial charge in [0.25, 0.3) is 0 Å². The van der Waals surface area contributed by atoms with Gasteiger partial charge in [0.05, 0.1) is 6.54 Å². The molecule has 0 N–H and O–H groups in total. The van der Waals surface area contributed by atoms with Crippen LogP contribution in [0, 0.1) is 0 Å². The molecule has 0 aliphatic carbocycles. The summed E-state index contributed by atoms with van der Waals surface area (Å²) in [6.45, 7) is 5.22. The lowest BCUT2D eigenvalue weighted by Crippen LogP contribution is -1.94. The third-order valence-corrected chi connectivity index (χ3v) is 1.76. The number of hydrogen-bond donors (Lipinski definition) is 0. The second kappa shape index (κ2) is 7.13. The highest BCUT2D eigenvalue weighted by Crippen LogP contribution is 2.01. The van der Waals surface area contributed by atoms with Crippen LogP contribution in [0.25, 0.3) is 0 Å². The van der Waals surface area contributed by atoms with Gasteiger partial charge in [-0.3, -0.25) is 4.99 Å². The third-order valence-electron chi connectivity index (χ3n) is 1.76. The molecule has 1 aliphatic rings. The minimum Gasteiger partial charge on any atom is -0.352 e. The molecule has 1 aromatic rings. The summed E-state index contributed by atoms with van der Waals surface area (Å²) >= 11 is 0. The first-order valence-electron chi connectivity index (χ1n) is 4.58. The fraction of sp³-hybridized carbons (Fsp3) is 0.417. The van der Waals surface area contributed by atoms with Gasteiger partial charge in [-0.2, -0.15) is 0 Å². The Labute approximate surface area is 87.0 Å². The van der Waals surface area contributed by atoms with E-state index in [9.17, 15) is 0 Å². The Hall–Kier alpha value is -1.31. The van der Waals surface area contributed by atoms with E-state index < -0.39 is 0 Å². The number of allylic oxidation sites excluding steroid dienone is 1. The first-order valence-corrected chi connectivity index (χ1v) is 4.58. The third kappa shape index (κ3) is 4.65. The van der Waals surface area contributed by atoms with Crippen molar-refractivity contribution in [2.75, 3.05) is 6.54 Å². The highest BCUT2D eigenvalue weighted by Gasteiger charge is 1.89. The molecule has 0 saturated heterocycles. The minimum absolute atomic E-state index is 0. The van der Waals surface area contributed by atoms with Crippen LogP contribution in [0.2, 0.25) is 0 Å². The van der Waals surface area contributed by atoms with Gasteiger partial charge in [-0.25, -0.2) is 0 Å². The zero-order valence-corrected chi connectivity index (χ0v) is 8.22. The highest BCUT2D eigenvalue weighted by molar-refractivity contribution is 5.73. The predicted molar refractivity (Wildman–Crippen MR) is 64.0 cm³/mol. The Morgan fingerprint density at radius 3 is 2.07 bits per heavy atom. The van der Waals surface area contributed by atoms with Crippen LogP contribution in [0.15, 0.2) is 41.7 Å². The van der Waals surface area contributed by atoms with Crippen molar-refractivity contribution in [2.45, 2.75) is 27.3 Å². The topological polar surface area (TPSA) is 17.3 Å². The second-order valence-corrected chi connectivity index (χ2v) is 3.17. The first kappa shape index (κ1) is 12.7. The van der Waals surface area contributed by atoms with Crippen molar-refractivity contribution in [1.29, 1.82) is 0 Å². The maximum atomic E-state index is 3.85. The Kier molecular flexibility index (Phi) is 6.46. The van der Waals surface area contributed by atoms with Crippen LogP contribution in [-0.4, -0.2) is 17.3 Å². The van der Waals surface area contributed by atoms with Crippen LogP contribution < -0.4 is 0 Å². The highest BCUT2D eigenvalue weighted by atomic mass is 15.0. The van der Waals surface area contributed by atoms with Gasteiger partial charge in [-0.15, -0.1) is 0 Å². The SMILES string of the molecule is C.C1=CCN=C1.CC(C)n1cccc1. The van der Waals surface area contributed by atoms with Gasteiger partial charge in [-0.1, -0.05) is 13.5 Å². The monoisotopic (exact) mass is 192 g/mol. The zero-order chi connectivity index (χ0) is 9.52. The van der Waals surface area contributed by atoms with E-state index in [2.05, 4.69) is 35.8 Å². The van der Waals surface area contributed by atoms with E-state index in [0.29, 0.717) is 6.04 Å². The van der Waals surface area contributed by atoms with E-state index in [4.69, 9.17) is 0 Å². The Morgan fingerprint density at radius 2 is 1.86 bits per heavy atom. The van der Waals surface area contributed by atoms with Crippen molar-refractivity contribution in [3.05, 3.63) is 36.7 Å². The molecule has 78 valence electrons. The van der Waals surface area contributed by atoms with Crippen molar-refractivity contribution >= 4 is 6.21 Å². The molecular weight excluding hydrogens is 172 g/mol. The minimum atomic E-state index is 0. The molecule has 0 amide bonds. The Morgan fingerprint density at radius 1 is 1.21 bits per heavy atom. The first-order chi connectivity index (χ1) is 6.30. The fourth-order valence-electron chi connectivity index (χ4n) is 0.996. The molecule has 0 aromatic carbocycles. The van der Waals surface area contributed by atoms with Gasteiger partial charge in [0, 0.05) is 24.7 Å². The smallest absolute Gasteiger partial charge is 0.0573 e. The lowest BCUT2D eigenvalue weighted by molar-refractivity contribution is 0.604. The van der Waals surface area contributed by atoms with E-state index in [1.807, 2.05) is 24.3 Å². The van der Waals surface area contributed by atoms with Crippen molar-refractivity contribution in [3.63, 3.8) is 0 Å². The predicted octanol–water partition coefficient (Wildman–Crippen LogP) is 3.33. The van der Waals surface area contributed by atoms with Gasteiger partial charge in [0.2, 0.25) is 0 Å². The van der Waals surface area contributed by atoms with E-state index in [1.165, 1.54) is 0 Å². The lowest BCUT2D eigenvalue weighted by atomic mass is 10.4. The van der Waals surface area contributed by atoms with Crippen LogP contribution in [-0.2, 0) is 0 Å². The molecule has 0 saturated carbocycles. The molecule has 1 aliphatic heterocycles. The molecule has 2 rings (SSSR count). The Balaban J connectivity index is 0.000000246. The summed E-state index contributed by atoms with van der Waals surface area (Å²) in [5.41, 5.74) is 0.